The van der Waals surface area contributed by atoms with Gasteiger partial charge in [0, 0.05) is 39.8 Å². The number of para-hydroxylation sites is 1. The van der Waals surface area contributed by atoms with Gasteiger partial charge in [0.2, 0.25) is 5.91 Å². The Labute approximate surface area is 161 Å². The Balaban J connectivity index is 1.55. The van der Waals surface area contributed by atoms with E-state index in [1.54, 1.807) is 30.3 Å². The molecule has 1 heterocycles. The van der Waals surface area contributed by atoms with Crippen molar-refractivity contribution >= 4 is 34.5 Å². The van der Waals surface area contributed by atoms with Crippen molar-refractivity contribution in [3.63, 3.8) is 0 Å². The van der Waals surface area contributed by atoms with E-state index in [2.05, 4.69) is 5.32 Å². The van der Waals surface area contributed by atoms with Gasteiger partial charge in [-0.25, -0.2) is 0 Å². The number of ketones is 2. The molecular formula is C23H18N2O3. The van der Waals surface area contributed by atoms with Crippen molar-refractivity contribution in [1.82, 2.24) is 9.88 Å². The predicted octanol–water partition coefficient (Wildman–Crippen LogP) is 3.38. The highest BCUT2D eigenvalue weighted by Gasteiger charge is 2.32. The number of nitrogens with zero attached hydrogens (tertiary/aromatic N) is 1. The molecule has 0 bridgehead atoms. The van der Waals surface area contributed by atoms with E-state index in [0.29, 0.717) is 17.2 Å². The van der Waals surface area contributed by atoms with Gasteiger partial charge in [0.25, 0.3) is 0 Å². The minimum atomic E-state index is -0.246. The number of hydrogen-bond acceptors (Lipinski definition) is 3. The summed E-state index contributed by atoms with van der Waals surface area (Å²) in [7, 11) is 0. The fraction of sp³-hybridized carbons (Fsp3) is 0.174. The van der Waals surface area contributed by atoms with E-state index >= 15 is 0 Å². The summed E-state index contributed by atoms with van der Waals surface area (Å²) < 4.78 is 1.87. The second-order valence-corrected chi connectivity index (χ2v) is 7.33. The van der Waals surface area contributed by atoms with E-state index in [0.717, 1.165) is 29.3 Å². The second kappa shape index (κ2) is 6.30. The Morgan fingerprint density at radius 3 is 2.32 bits per heavy atom. The third kappa shape index (κ3) is 2.76. The van der Waals surface area contributed by atoms with E-state index in [9.17, 15) is 14.4 Å². The molecule has 1 amide bonds. The van der Waals surface area contributed by atoms with Gasteiger partial charge in [-0.1, -0.05) is 42.5 Å². The summed E-state index contributed by atoms with van der Waals surface area (Å²) in [6, 6.07) is 14.9. The quantitative estimate of drug-likeness (QED) is 0.565. The molecule has 0 unspecified atom stereocenters. The van der Waals surface area contributed by atoms with Crippen molar-refractivity contribution in [1.29, 1.82) is 0 Å². The van der Waals surface area contributed by atoms with Gasteiger partial charge in [-0.15, -0.1) is 0 Å². The zero-order valence-corrected chi connectivity index (χ0v) is 15.1. The summed E-state index contributed by atoms with van der Waals surface area (Å²) in [5.74, 6) is -0.518. The molecule has 28 heavy (non-hydrogen) atoms. The highest BCUT2D eigenvalue weighted by atomic mass is 16.2. The Hall–Kier alpha value is -3.47. The van der Waals surface area contributed by atoms with Crippen LogP contribution in [0.3, 0.4) is 0 Å². The van der Waals surface area contributed by atoms with Crippen LogP contribution in [0.25, 0.3) is 17.0 Å². The first kappa shape index (κ1) is 16.7. The molecular weight excluding hydrogens is 352 g/mol. The molecule has 138 valence electrons. The lowest BCUT2D eigenvalue weighted by Crippen LogP contribution is -2.29. The second-order valence-electron chi connectivity index (χ2n) is 7.33. The Morgan fingerprint density at radius 1 is 1.00 bits per heavy atom. The number of amides is 1. The van der Waals surface area contributed by atoms with Crippen molar-refractivity contribution in [2.24, 2.45) is 0 Å². The maximum atomic E-state index is 12.7. The lowest BCUT2D eigenvalue weighted by Gasteiger charge is -2.05. The average Bonchev–Trinajstić information content (AvgIpc) is 3.41. The van der Waals surface area contributed by atoms with Crippen LogP contribution in [-0.4, -0.2) is 28.1 Å². The highest BCUT2D eigenvalue weighted by molar-refractivity contribution is 6.41. The Bertz CT molecular complexity index is 1140. The first-order valence-corrected chi connectivity index (χ1v) is 9.39. The van der Waals surface area contributed by atoms with Crippen LogP contribution in [0.5, 0.6) is 0 Å². The van der Waals surface area contributed by atoms with Crippen LogP contribution in [-0.2, 0) is 11.3 Å². The normalized spacial score (nSPS) is 15.8. The first-order chi connectivity index (χ1) is 13.6. The number of aromatic nitrogens is 1. The summed E-state index contributed by atoms with van der Waals surface area (Å²) in [6.07, 6.45) is 5.58. The molecule has 2 aromatic carbocycles. The lowest BCUT2D eigenvalue weighted by molar-refractivity contribution is -0.121. The van der Waals surface area contributed by atoms with Crippen molar-refractivity contribution in [3.05, 3.63) is 77.0 Å². The molecule has 0 saturated heterocycles. The molecule has 0 spiro atoms. The molecule has 5 nitrogen and oxygen atoms in total. The maximum absolute atomic E-state index is 12.7. The summed E-state index contributed by atoms with van der Waals surface area (Å²) in [6.45, 7) is 0.211. The fourth-order valence-corrected chi connectivity index (χ4v) is 3.74. The molecule has 3 aromatic rings. The third-order valence-electron chi connectivity index (χ3n) is 5.28. The van der Waals surface area contributed by atoms with Crippen molar-refractivity contribution < 1.29 is 14.4 Å². The monoisotopic (exact) mass is 370 g/mol. The van der Waals surface area contributed by atoms with E-state index in [1.807, 2.05) is 35.0 Å². The number of rotatable bonds is 4. The maximum Gasteiger partial charge on any atom is 0.240 e. The van der Waals surface area contributed by atoms with Crippen LogP contribution in [0.15, 0.2) is 60.3 Å². The van der Waals surface area contributed by atoms with Gasteiger partial charge in [-0.3, -0.25) is 14.4 Å². The third-order valence-corrected chi connectivity index (χ3v) is 5.28. The number of fused-ring (bicyclic) bond motifs is 2. The molecule has 1 aromatic heterocycles. The largest absolute Gasteiger partial charge is 0.352 e. The zero-order valence-electron chi connectivity index (χ0n) is 15.1. The number of carbonyl (C=O) groups is 3. The molecule has 5 rings (SSSR count). The zero-order chi connectivity index (χ0) is 19.3. The molecule has 0 aliphatic heterocycles. The minimum absolute atomic E-state index is 0.0251. The standard InChI is InChI=1S/C23H18N2O3/c26-21(24-15-9-10-15)13-25-12-14(16-5-3-4-8-20(16)25)11-19-22(27)17-6-1-2-7-18(17)23(19)28/h1-8,11-12,15H,9-10,13H2,(H,24,26). The highest BCUT2D eigenvalue weighted by Crippen LogP contribution is 2.30. The van der Waals surface area contributed by atoms with Gasteiger partial charge >= 0.3 is 0 Å². The van der Waals surface area contributed by atoms with Crippen LogP contribution in [0.2, 0.25) is 0 Å². The van der Waals surface area contributed by atoms with E-state index < -0.39 is 0 Å². The topological polar surface area (TPSA) is 68.2 Å². The summed E-state index contributed by atoms with van der Waals surface area (Å²) in [4.78, 5) is 37.7. The SMILES string of the molecule is O=C(Cn1cc(C=C2C(=O)c3ccccc3C2=O)c2ccccc21)NC1CC1. The molecule has 5 heteroatoms. The molecule has 1 fully saturated rings. The van der Waals surface area contributed by atoms with Crippen LogP contribution in [0, 0.1) is 0 Å². The van der Waals surface area contributed by atoms with E-state index in [1.165, 1.54) is 0 Å². The van der Waals surface area contributed by atoms with Crippen molar-refractivity contribution in [2.75, 3.05) is 0 Å². The summed E-state index contributed by atoms with van der Waals surface area (Å²) in [5, 5.41) is 3.90. The molecule has 1 saturated carbocycles. The fourth-order valence-electron chi connectivity index (χ4n) is 3.74. The van der Waals surface area contributed by atoms with Gasteiger partial charge in [0.1, 0.15) is 6.54 Å². The van der Waals surface area contributed by atoms with E-state index in [-0.39, 0.29) is 29.6 Å². The van der Waals surface area contributed by atoms with Crippen molar-refractivity contribution in [3.8, 4) is 0 Å². The number of hydrogen-bond donors (Lipinski definition) is 1. The summed E-state index contributed by atoms with van der Waals surface area (Å²) >= 11 is 0. The van der Waals surface area contributed by atoms with Gasteiger partial charge in [0.05, 0.1) is 5.57 Å². The van der Waals surface area contributed by atoms with Gasteiger partial charge in [-0.2, -0.15) is 0 Å². The number of carbonyl (C=O) groups excluding carboxylic acids is 3. The number of allylic oxidation sites excluding steroid dienone is 1. The van der Waals surface area contributed by atoms with Crippen LogP contribution in [0.4, 0.5) is 0 Å². The number of Topliss-reactive ketones (excluding diaryl/α,β-unsaturated/α-hetero) is 2. The molecule has 0 radical (unpaired) electrons. The minimum Gasteiger partial charge on any atom is -0.352 e. The van der Waals surface area contributed by atoms with Crippen LogP contribution >= 0.6 is 0 Å². The smallest absolute Gasteiger partial charge is 0.240 e. The van der Waals surface area contributed by atoms with Gasteiger partial charge in [-0.05, 0) is 25.0 Å². The number of nitrogens with one attached hydrogen (secondary N) is 1. The summed E-state index contributed by atoms with van der Waals surface area (Å²) in [5.41, 5.74) is 2.74. The predicted molar refractivity (Wildman–Crippen MR) is 106 cm³/mol. The Kier molecular flexibility index (Phi) is 3.76. The molecule has 0 atom stereocenters. The van der Waals surface area contributed by atoms with Gasteiger partial charge < -0.3 is 9.88 Å². The van der Waals surface area contributed by atoms with Crippen molar-refractivity contribution in [2.45, 2.75) is 25.4 Å². The van der Waals surface area contributed by atoms with E-state index in [4.69, 9.17) is 0 Å². The van der Waals surface area contributed by atoms with Crippen LogP contribution in [0.1, 0.15) is 39.1 Å². The number of benzene rings is 2. The molecule has 2 aliphatic rings. The first-order valence-electron chi connectivity index (χ1n) is 9.39. The molecule has 1 N–H and O–H groups in total. The molecule has 2 aliphatic carbocycles. The van der Waals surface area contributed by atoms with Gasteiger partial charge in [0.15, 0.2) is 11.6 Å². The van der Waals surface area contributed by atoms with Crippen LogP contribution < -0.4 is 5.32 Å². The average molecular weight is 370 g/mol. The lowest BCUT2D eigenvalue weighted by atomic mass is 10.1. The Morgan fingerprint density at radius 2 is 1.64 bits per heavy atom.